The number of hydrogen-bond acceptors (Lipinski definition) is 2. The van der Waals surface area contributed by atoms with E-state index in [1.165, 1.54) is 0 Å². The Balaban J connectivity index is -0.0000000480. The molecule has 0 saturated heterocycles. The van der Waals surface area contributed by atoms with Gasteiger partial charge in [0.1, 0.15) is 0 Å². The predicted octanol–water partition coefficient (Wildman–Crippen LogP) is -1.46. The standard InChI is InChI=1S/CH2O3.Al.Mg.O.3H/c2-1(3)4;;;;;;/h(H2,2,3,4);;;;;;. The molecule has 0 aliphatic carbocycles. The summed E-state index contributed by atoms with van der Waals surface area (Å²) in [5.74, 6) is 0. The molecule has 0 saturated carbocycles. The van der Waals surface area contributed by atoms with E-state index in [1.807, 2.05) is 0 Å². The van der Waals surface area contributed by atoms with E-state index in [1.54, 1.807) is 0 Å². The second-order valence-electron chi connectivity index (χ2n) is 0.283. The third-order valence-electron chi connectivity index (χ3n) is 0. The van der Waals surface area contributed by atoms with Gasteiger partial charge in [-0.25, -0.2) is 4.79 Å². The summed E-state index contributed by atoms with van der Waals surface area (Å²) in [6.07, 6.45) is -1.83. The van der Waals surface area contributed by atoms with Crippen molar-refractivity contribution in [3.05, 3.63) is 0 Å². The van der Waals surface area contributed by atoms with Crippen molar-refractivity contribution in [2.75, 3.05) is 0 Å². The molecule has 6 heteroatoms. The predicted molar refractivity (Wildman–Crippen MR) is 27.0 cm³/mol. The van der Waals surface area contributed by atoms with Gasteiger partial charge >= 0.3 is 49.2 Å². The Labute approximate surface area is 64.3 Å². The maximum atomic E-state index is 8.56. The van der Waals surface area contributed by atoms with Crippen LogP contribution in [0.4, 0.5) is 4.79 Å². The molecular formula is CH5AlMgO4. The maximum absolute atomic E-state index is 8.56. The Kier molecular flexibility index (Phi) is 36.2. The minimum atomic E-state index is -1.83. The van der Waals surface area contributed by atoms with Crippen molar-refractivity contribution in [1.82, 2.24) is 0 Å². The molecule has 4 nitrogen and oxygen atoms in total. The van der Waals surface area contributed by atoms with E-state index in [-0.39, 0.29) is 23.1 Å². The molecule has 0 aromatic rings. The van der Waals surface area contributed by atoms with Gasteiger partial charge in [-0.1, -0.05) is 0 Å². The van der Waals surface area contributed by atoms with Crippen molar-refractivity contribution in [2.45, 2.75) is 0 Å². The monoisotopic (exact) mass is 132 g/mol. The molecular weight excluding hydrogens is 127 g/mol. The summed E-state index contributed by atoms with van der Waals surface area (Å²) in [6, 6.07) is 0. The van der Waals surface area contributed by atoms with Gasteiger partial charge in [0, 0.05) is 0 Å². The van der Waals surface area contributed by atoms with Crippen molar-refractivity contribution in [3.8, 4) is 0 Å². The normalized spacial score (nSPS) is 3.86. The quantitative estimate of drug-likeness (QED) is 0.395. The first kappa shape index (κ1) is 15.7. The number of rotatable bonds is 0. The van der Waals surface area contributed by atoms with Gasteiger partial charge in [-0.2, -0.15) is 0 Å². The van der Waals surface area contributed by atoms with Gasteiger partial charge in [-0.15, -0.1) is 0 Å². The molecule has 0 spiro atoms. The van der Waals surface area contributed by atoms with Crippen LogP contribution in [0.5, 0.6) is 0 Å². The molecule has 2 N–H and O–H groups in total. The molecule has 0 aliphatic heterocycles. The fraction of sp³-hybridized carbons (Fsp3) is 0. The van der Waals surface area contributed by atoms with Gasteiger partial charge in [0.2, 0.25) is 0 Å². The van der Waals surface area contributed by atoms with Crippen LogP contribution in [0.1, 0.15) is 0 Å². The molecule has 7 heavy (non-hydrogen) atoms. The molecule has 0 atom stereocenters. The van der Waals surface area contributed by atoms with E-state index in [9.17, 15) is 0 Å². The Morgan fingerprint density at radius 2 is 1.29 bits per heavy atom. The van der Waals surface area contributed by atoms with Gasteiger partial charge in [-0.3, -0.25) is 0 Å². The van der Waals surface area contributed by atoms with Crippen LogP contribution in [0, 0.1) is 0 Å². The van der Waals surface area contributed by atoms with Crippen molar-refractivity contribution in [2.24, 2.45) is 0 Å². The molecule has 0 unspecified atom stereocenters. The summed E-state index contributed by atoms with van der Waals surface area (Å²) in [6.45, 7) is 0. The molecule has 0 radical (unpaired) electrons. The van der Waals surface area contributed by atoms with Gasteiger partial charge in [0.25, 0.3) is 0 Å². The van der Waals surface area contributed by atoms with Crippen LogP contribution >= 0.6 is 0 Å². The van der Waals surface area contributed by atoms with E-state index < -0.39 is 6.16 Å². The van der Waals surface area contributed by atoms with E-state index >= 15 is 0 Å². The fourth-order valence-corrected chi connectivity index (χ4v) is 0. The van der Waals surface area contributed by atoms with Crippen molar-refractivity contribution >= 4 is 45.4 Å². The summed E-state index contributed by atoms with van der Waals surface area (Å²) in [5, 5.41) is 13.9. The summed E-state index contributed by atoms with van der Waals surface area (Å²) in [5.41, 5.74) is 0. The summed E-state index contributed by atoms with van der Waals surface area (Å²) in [7, 11) is 0. The fourth-order valence-electron chi connectivity index (χ4n) is 0. The van der Waals surface area contributed by atoms with Crippen LogP contribution in [0.25, 0.3) is 0 Å². The molecule has 0 aromatic carbocycles. The summed E-state index contributed by atoms with van der Waals surface area (Å²) < 4.78 is 8.28. The molecule has 0 heterocycles. The number of hydrogen-bond donors (Lipinski definition) is 2. The van der Waals surface area contributed by atoms with Crippen LogP contribution in [-0.2, 0) is 3.80 Å². The third-order valence-corrected chi connectivity index (χ3v) is 0. The zero-order valence-electron chi connectivity index (χ0n) is 2.92. The van der Waals surface area contributed by atoms with Crippen LogP contribution < -0.4 is 0 Å². The van der Waals surface area contributed by atoms with E-state index in [0.29, 0.717) is 16.2 Å². The summed E-state index contributed by atoms with van der Waals surface area (Å²) >= 11 is 0.611. The molecule has 0 bridgehead atoms. The first-order valence-corrected chi connectivity index (χ1v) is 1.52. The van der Waals surface area contributed by atoms with Crippen molar-refractivity contribution in [3.63, 3.8) is 0 Å². The van der Waals surface area contributed by atoms with Crippen molar-refractivity contribution in [1.29, 1.82) is 0 Å². The van der Waals surface area contributed by atoms with Gasteiger partial charge in [-0.05, 0) is 0 Å². The van der Waals surface area contributed by atoms with Gasteiger partial charge in [0.05, 0.1) is 0 Å². The van der Waals surface area contributed by atoms with Gasteiger partial charge in [0.15, 0.2) is 0 Å². The Bertz CT molecular complexity index is 43.0. The molecule has 0 fully saturated rings. The summed E-state index contributed by atoms with van der Waals surface area (Å²) in [4.78, 5) is 8.56. The minimum absolute atomic E-state index is 0. The zero-order chi connectivity index (χ0) is 5.58. The first-order chi connectivity index (χ1) is 2.73. The van der Waals surface area contributed by atoms with E-state index in [2.05, 4.69) is 0 Å². The van der Waals surface area contributed by atoms with E-state index in [0.717, 1.165) is 0 Å². The van der Waals surface area contributed by atoms with Gasteiger partial charge < -0.3 is 10.2 Å². The van der Waals surface area contributed by atoms with Crippen molar-refractivity contribution < 1.29 is 18.8 Å². The number of carboxylic acid groups (broad SMARTS) is 2. The molecule has 0 amide bonds. The van der Waals surface area contributed by atoms with Crippen LogP contribution in [0.2, 0.25) is 0 Å². The average molecular weight is 132 g/mol. The first-order valence-electron chi connectivity index (χ1n) is 0.940. The number of carbonyl (C=O) groups is 1. The molecule has 0 rings (SSSR count). The second-order valence-corrected chi connectivity index (χ2v) is 0.283. The molecule has 38 valence electrons. The zero-order valence-corrected chi connectivity index (χ0v) is 4.33. The topological polar surface area (TPSA) is 74.6 Å². The molecule has 0 aromatic heterocycles. The molecule has 0 aliphatic rings. The second kappa shape index (κ2) is 16.2. The Morgan fingerprint density at radius 1 is 1.29 bits per heavy atom. The Morgan fingerprint density at radius 3 is 1.29 bits per heavy atom. The van der Waals surface area contributed by atoms with E-state index in [4.69, 9.17) is 18.8 Å². The van der Waals surface area contributed by atoms with Crippen LogP contribution in [0.15, 0.2) is 0 Å². The third kappa shape index (κ3) is 894. The SMILES string of the molecule is O=C(O)O.[MgH2].[O]=[AlH]. The van der Waals surface area contributed by atoms with Crippen LogP contribution in [0.3, 0.4) is 0 Å². The average Bonchev–Trinajstić information content (AvgIpc) is 1.41. The van der Waals surface area contributed by atoms with Crippen LogP contribution in [-0.4, -0.2) is 55.6 Å². The Hall–Kier alpha value is 0.369.